The van der Waals surface area contributed by atoms with Gasteiger partial charge in [-0.3, -0.25) is 0 Å². The number of ether oxygens (including phenoxy) is 1. The standard InChI is InChI=1S/C15H11Br2ClO2/c16-11-3-1-8(5-12(11)17)15-7-13(19)10-6-9(18)2-4-14(10)20-15/h1-6,13,15,19H,7H2/t13-,15?/m1/s1. The predicted molar refractivity (Wildman–Crippen MR) is 86.2 cm³/mol. The highest BCUT2D eigenvalue weighted by Gasteiger charge is 2.28. The van der Waals surface area contributed by atoms with Crippen molar-refractivity contribution in [2.45, 2.75) is 18.6 Å². The lowest BCUT2D eigenvalue weighted by molar-refractivity contribution is 0.0657. The third-order valence-corrected chi connectivity index (χ3v) is 5.47. The minimum atomic E-state index is -0.565. The summed E-state index contributed by atoms with van der Waals surface area (Å²) in [5.74, 6) is 0.692. The topological polar surface area (TPSA) is 29.5 Å². The van der Waals surface area contributed by atoms with Crippen LogP contribution in [0.3, 0.4) is 0 Å². The number of aliphatic hydroxyl groups is 1. The molecule has 1 N–H and O–H groups in total. The van der Waals surface area contributed by atoms with Crippen LogP contribution in [0.2, 0.25) is 5.02 Å². The highest BCUT2D eigenvalue weighted by atomic mass is 79.9. The first-order chi connectivity index (χ1) is 9.54. The van der Waals surface area contributed by atoms with Gasteiger partial charge in [-0.2, -0.15) is 0 Å². The summed E-state index contributed by atoms with van der Waals surface area (Å²) in [5, 5.41) is 10.9. The second kappa shape index (κ2) is 5.68. The van der Waals surface area contributed by atoms with E-state index in [9.17, 15) is 5.11 Å². The largest absolute Gasteiger partial charge is 0.485 e. The van der Waals surface area contributed by atoms with E-state index in [-0.39, 0.29) is 6.10 Å². The van der Waals surface area contributed by atoms with Gasteiger partial charge in [0.15, 0.2) is 0 Å². The highest BCUT2D eigenvalue weighted by Crippen LogP contribution is 2.42. The second-order valence-corrected chi connectivity index (χ2v) is 6.86. The van der Waals surface area contributed by atoms with Crippen molar-refractivity contribution >= 4 is 43.5 Å². The summed E-state index contributed by atoms with van der Waals surface area (Å²) in [6.45, 7) is 0. The Morgan fingerprint density at radius 1 is 1.10 bits per heavy atom. The summed E-state index contributed by atoms with van der Waals surface area (Å²) in [5.41, 5.74) is 1.78. The van der Waals surface area contributed by atoms with Gasteiger partial charge in [0.05, 0.1) is 6.10 Å². The van der Waals surface area contributed by atoms with E-state index in [0.29, 0.717) is 17.2 Å². The monoisotopic (exact) mass is 416 g/mol. The van der Waals surface area contributed by atoms with Gasteiger partial charge in [0.1, 0.15) is 11.9 Å². The number of fused-ring (bicyclic) bond motifs is 1. The quantitative estimate of drug-likeness (QED) is 0.670. The lowest BCUT2D eigenvalue weighted by Gasteiger charge is -2.30. The molecule has 1 unspecified atom stereocenters. The number of aliphatic hydroxyl groups excluding tert-OH is 1. The number of benzene rings is 2. The summed E-state index contributed by atoms with van der Waals surface area (Å²) in [7, 11) is 0. The van der Waals surface area contributed by atoms with Crippen LogP contribution in [-0.4, -0.2) is 5.11 Å². The third-order valence-electron chi connectivity index (χ3n) is 3.35. The second-order valence-electron chi connectivity index (χ2n) is 4.71. The average molecular weight is 419 g/mol. The molecular formula is C15H11Br2ClO2. The molecule has 0 spiro atoms. The number of halogens is 3. The van der Waals surface area contributed by atoms with E-state index in [4.69, 9.17) is 16.3 Å². The van der Waals surface area contributed by atoms with Crippen molar-refractivity contribution in [3.05, 3.63) is 61.5 Å². The Hall–Kier alpha value is -0.550. The van der Waals surface area contributed by atoms with Crippen molar-refractivity contribution in [3.8, 4) is 5.75 Å². The molecule has 1 aliphatic heterocycles. The minimum absolute atomic E-state index is 0.164. The third kappa shape index (κ3) is 2.75. The SMILES string of the molecule is O[C@@H]1CC(c2ccc(Br)c(Br)c2)Oc2ccc(Cl)cc21. The highest BCUT2D eigenvalue weighted by molar-refractivity contribution is 9.13. The van der Waals surface area contributed by atoms with Crippen LogP contribution in [0.25, 0.3) is 0 Å². The number of hydrogen-bond acceptors (Lipinski definition) is 2. The first-order valence-electron chi connectivity index (χ1n) is 6.13. The van der Waals surface area contributed by atoms with Crippen LogP contribution in [0.5, 0.6) is 5.75 Å². The van der Waals surface area contributed by atoms with Crippen molar-refractivity contribution < 1.29 is 9.84 Å². The fraction of sp³-hybridized carbons (Fsp3) is 0.200. The first-order valence-corrected chi connectivity index (χ1v) is 8.10. The van der Waals surface area contributed by atoms with E-state index in [1.54, 1.807) is 18.2 Å². The van der Waals surface area contributed by atoms with Crippen molar-refractivity contribution in [1.82, 2.24) is 0 Å². The van der Waals surface area contributed by atoms with Crippen LogP contribution in [0, 0.1) is 0 Å². The van der Waals surface area contributed by atoms with Gasteiger partial charge in [0, 0.05) is 26.0 Å². The molecule has 5 heteroatoms. The smallest absolute Gasteiger partial charge is 0.127 e. The van der Waals surface area contributed by atoms with Crippen LogP contribution < -0.4 is 4.74 Å². The Kier molecular flexibility index (Phi) is 4.09. The summed E-state index contributed by atoms with van der Waals surface area (Å²) in [6, 6.07) is 11.3. The van der Waals surface area contributed by atoms with Gasteiger partial charge in [-0.05, 0) is 67.8 Å². The molecule has 0 aliphatic carbocycles. The Balaban J connectivity index is 1.94. The molecule has 2 nitrogen and oxygen atoms in total. The molecule has 0 bridgehead atoms. The van der Waals surface area contributed by atoms with Crippen LogP contribution in [-0.2, 0) is 0 Å². The normalized spacial score (nSPS) is 21.2. The minimum Gasteiger partial charge on any atom is -0.485 e. The molecule has 3 rings (SSSR count). The van der Waals surface area contributed by atoms with E-state index in [0.717, 1.165) is 20.1 Å². The maximum absolute atomic E-state index is 10.3. The molecule has 0 aromatic heterocycles. The Labute approximate surface area is 139 Å². The molecule has 104 valence electrons. The molecular weight excluding hydrogens is 407 g/mol. The average Bonchev–Trinajstić information content (AvgIpc) is 2.42. The zero-order valence-electron chi connectivity index (χ0n) is 10.3. The number of hydrogen-bond donors (Lipinski definition) is 1. The molecule has 1 heterocycles. The van der Waals surface area contributed by atoms with E-state index >= 15 is 0 Å². The Bertz CT molecular complexity index is 660. The van der Waals surface area contributed by atoms with Crippen molar-refractivity contribution in [2.24, 2.45) is 0 Å². The van der Waals surface area contributed by atoms with Crippen LogP contribution in [0.15, 0.2) is 45.3 Å². The summed E-state index contributed by atoms with van der Waals surface area (Å²) < 4.78 is 7.94. The summed E-state index contributed by atoms with van der Waals surface area (Å²) in [6.07, 6.45) is -0.213. The van der Waals surface area contributed by atoms with Gasteiger partial charge in [0.25, 0.3) is 0 Å². The van der Waals surface area contributed by atoms with Crippen LogP contribution in [0.1, 0.15) is 29.8 Å². The molecule has 0 radical (unpaired) electrons. The van der Waals surface area contributed by atoms with E-state index < -0.39 is 6.10 Å². The zero-order chi connectivity index (χ0) is 14.3. The Morgan fingerprint density at radius 3 is 2.65 bits per heavy atom. The predicted octanol–water partition coefficient (Wildman–Crippen LogP) is 5.42. The fourth-order valence-corrected chi connectivity index (χ4v) is 3.16. The van der Waals surface area contributed by atoms with E-state index in [1.165, 1.54) is 0 Å². The Morgan fingerprint density at radius 2 is 1.90 bits per heavy atom. The van der Waals surface area contributed by atoms with Gasteiger partial charge < -0.3 is 9.84 Å². The molecule has 0 saturated carbocycles. The van der Waals surface area contributed by atoms with Gasteiger partial charge in [-0.1, -0.05) is 17.7 Å². The summed E-state index contributed by atoms with van der Waals surface area (Å²) >= 11 is 12.9. The molecule has 0 amide bonds. The molecule has 2 atom stereocenters. The van der Waals surface area contributed by atoms with E-state index in [1.807, 2.05) is 18.2 Å². The molecule has 0 fully saturated rings. The molecule has 2 aromatic rings. The molecule has 2 aromatic carbocycles. The van der Waals surface area contributed by atoms with Gasteiger partial charge in [-0.25, -0.2) is 0 Å². The van der Waals surface area contributed by atoms with Crippen LogP contribution in [0.4, 0.5) is 0 Å². The first kappa shape index (κ1) is 14.4. The van der Waals surface area contributed by atoms with E-state index in [2.05, 4.69) is 31.9 Å². The maximum atomic E-state index is 10.3. The van der Waals surface area contributed by atoms with Crippen LogP contribution >= 0.6 is 43.5 Å². The van der Waals surface area contributed by atoms with Crippen molar-refractivity contribution in [1.29, 1.82) is 0 Å². The number of rotatable bonds is 1. The lowest BCUT2D eigenvalue weighted by Crippen LogP contribution is -2.19. The van der Waals surface area contributed by atoms with Crippen molar-refractivity contribution in [2.75, 3.05) is 0 Å². The van der Waals surface area contributed by atoms with Gasteiger partial charge in [-0.15, -0.1) is 0 Å². The molecule has 0 saturated heterocycles. The van der Waals surface area contributed by atoms with Gasteiger partial charge in [0.2, 0.25) is 0 Å². The zero-order valence-corrected chi connectivity index (χ0v) is 14.2. The molecule has 1 aliphatic rings. The van der Waals surface area contributed by atoms with Gasteiger partial charge >= 0.3 is 0 Å². The summed E-state index contributed by atoms with van der Waals surface area (Å²) in [4.78, 5) is 0. The fourth-order valence-electron chi connectivity index (χ4n) is 2.33. The molecule has 20 heavy (non-hydrogen) atoms. The van der Waals surface area contributed by atoms with Crippen molar-refractivity contribution in [3.63, 3.8) is 0 Å². The lowest BCUT2D eigenvalue weighted by atomic mass is 9.95. The maximum Gasteiger partial charge on any atom is 0.127 e.